The van der Waals surface area contributed by atoms with E-state index in [2.05, 4.69) is 80.9 Å². The van der Waals surface area contributed by atoms with Crippen molar-refractivity contribution in [2.24, 2.45) is 0 Å². The smallest absolute Gasteiger partial charge is 0.160 e. The van der Waals surface area contributed by atoms with Crippen molar-refractivity contribution in [3.8, 4) is 0 Å². The van der Waals surface area contributed by atoms with Crippen molar-refractivity contribution in [1.82, 2.24) is 4.40 Å². The molecule has 0 fully saturated rings. The van der Waals surface area contributed by atoms with Crippen molar-refractivity contribution in [3.63, 3.8) is 0 Å². The number of para-hydroxylation sites is 5. The van der Waals surface area contributed by atoms with Crippen LogP contribution in [0.5, 0.6) is 0 Å². The molecule has 13 aromatic rings. The molecule has 61 heavy (non-hydrogen) atoms. The van der Waals surface area contributed by atoms with E-state index in [4.69, 9.17) is 8.83 Å². The van der Waals surface area contributed by atoms with Crippen LogP contribution in [0.3, 0.4) is 0 Å². The van der Waals surface area contributed by atoms with Gasteiger partial charge in [-0.2, -0.15) is 0 Å². The Morgan fingerprint density at radius 3 is 1.20 bits per heavy atom. The van der Waals surface area contributed by atoms with Crippen LogP contribution in [0.25, 0.3) is 82.0 Å². The standard InChI is InChI=1S/C54H31F2N3O2/c55-32-14-11-20-36(28-32)57(34-16-3-1-4-17-34)44-30-42-38-22-7-9-26-46(38)60-53(42)51-48(44)40-24-13-25-41-49-45(58(35-18-5-2-6-19-35)37-21-12-15-33(56)29-37)31-43-39-23-8-10-27-47(39)61-54(43)52(49)59(51)50(40)41/h1-31H. The Bertz CT molecular complexity index is 3620. The van der Waals surface area contributed by atoms with Gasteiger partial charge in [0.1, 0.15) is 33.8 Å². The molecule has 0 amide bonds. The molecule has 0 aliphatic rings. The molecule has 4 heterocycles. The highest BCUT2D eigenvalue weighted by atomic mass is 19.1. The second-order valence-corrected chi connectivity index (χ2v) is 15.5. The molecule has 0 bridgehead atoms. The zero-order valence-electron chi connectivity index (χ0n) is 32.3. The lowest BCUT2D eigenvalue weighted by molar-refractivity contribution is 0.627. The van der Waals surface area contributed by atoms with E-state index in [1.807, 2.05) is 84.9 Å². The average molecular weight is 792 g/mol. The normalized spacial score (nSPS) is 12.1. The maximum absolute atomic E-state index is 15.3. The van der Waals surface area contributed by atoms with Gasteiger partial charge < -0.3 is 23.0 Å². The number of nitrogens with zero attached hydrogens (tertiary/aromatic N) is 3. The first-order chi connectivity index (χ1) is 30.1. The number of hydrogen-bond donors (Lipinski definition) is 0. The van der Waals surface area contributed by atoms with Crippen molar-refractivity contribution in [2.75, 3.05) is 9.80 Å². The van der Waals surface area contributed by atoms with Crippen molar-refractivity contribution in [1.29, 1.82) is 0 Å². The number of halogens is 2. The summed E-state index contributed by atoms with van der Waals surface area (Å²) in [5, 5.41) is 7.65. The van der Waals surface area contributed by atoms with Crippen molar-refractivity contribution >= 4 is 116 Å². The van der Waals surface area contributed by atoms with Crippen molar-refractivity contribution in [3.05, 3.63) is 200 Å². The molecule has 0 aliphatic carbocycles. The summed E-state index contributed by atoms with van der Waals surface area (Å²) in [6.07, 6.45) is 0. The van der Waals surface area contributed by atoms with Crippen molar-refractivity contribution in [2.45, 2.75) is 0 Å². The van der Waals surface area contributed by atoms with Gasteiger partial charge in [-0.25, -0.2) is 8.78 Å². The summed E-state index contributed by atoms with van der Waals surface area (Å²) in [4.78, 5) is 4.28. The molecule has 0 radical (unpaired) electrons. The Kier molecular flexibility index (Phi) is 7.02. The van der Waals surface area contributed by atoms with Crippen LogP contribution in [0.15, 0.2) is 197 Å². The first-order valence-electron chi connectivity index (χ1n) is 20.2. The van der Waals surface area contributed by atoms with Gasteiger partial charge >= 0.3 is 0 Å². The molecule has 7 heteroatoms. The monoisotopic (exact) mass is 791 g/mol. The number of fused-ring (bicyclic) bond motifs is 14. The molecule has 5 nitrogen and oxygen atoms in total. The molecule has 0 N–H and O–H groups in total. The average Bonchev–Trinajstić information content (AvgIpc) is 4.05. The first-order valence-corrected chi connectivity index (χ1v) is 20.2. The summed E-state index contributed by atoms with van der Waals surface area (Å²) in [6, 6.07) is 60.7. The Morgan fingerprint density at radius 2 is 0.738 bits per heavy atom. The van der Waals surface area contributed by atoms with Gasteiger partial charge in [-0.3, -0.25) is 0 Å². The molecule has 0 spiro atoms. The quantitative estimate of drug-likeness (QED) is 0.168. The molecule has 0 atom stereocenters. The van der Waals surface area contributed by atoms with Gasteiger partial charge in [-0.05, 0) is 84.9 Å². The minimum absolute atomic E-state index is 0.328. The van der Waals surface area contributed by atoms with Crippen LogP contribution in [0.4, 0.5) is 42.9 Å². The van der Waals surface area contributed by atoms with Crippen LogP contribution in [0.2, 0.25) is 0 Å². The van der Waals surface area contributed by atoms with E-state index in [1.165, 1.54) is 12.1 Å². The zero-order valence-corrected chi connectivity index (χ0v) is 32.3. The number of anilines is 6. The van der Waals surface area contributed by atoms with Crippen LogP contribution in [0, 0.1) is 11.6 Å². The highest BCUT2D eigenvalue weighted by Crippen LogP contribution is 2.54. The lowest BCUT2D eigenvalue weighted by Gasteiger charge is -2.27. The predicted molar refractivity (Wildman–Crippen MR) is 245 cm³/mol. The molecular formula is C54H31F2N3O2. The maximum atomic E-state index is 15.3. The van der Waals surface area contributed by atoms with E-state index >= 15 is 8.78 Å². The van der Waals surface area contributed by atoms with Gasteiger partial charge in [-0.15, -0.1) is 0 Å². The summed E-state index contributed by atoms with van der Waals surface area (Å²) >= 11 is 0. The summed E-state index contributed by atoms with van der Waals surface area (Å²) < 4.78 is 46.8. The van der Waals surface area contributed by atoms with Gasteiger partial charge in [0.25, 0.3) is 0 Å². The fourth-order valence-electron chi connectivity index (χ4n) is 9.73. The number of benzene rings is 9. The molecule has 13 rings (SSSR count). The Morgan fingerprint density at radius 1 is 0.344 bits per heavy atom. The van der Waals surface area contributed by atoms with Gasteiger partial charge in [-0.1, -0.05) is 103 Å². The Labute approximate surface area is 346 Å². The van der Waals surface area contributed by atoms with E-state index in [-0.39, 0.29) is 11.6 Å². The van der Waals surface area contributed by atoms with E-state index in [1.54, 1.807) is 24.3 Å². The maximum Gasteiger partial charge on any atom is 0.160 e. The molecule has 0 unspecified atom stereocenters. The second kappa shape index (κ2) is 12.7. The van der Waals surface area contributed by atoms with E-state index in [9.17, 15) is 0 Å². The summed E-state index contributed by atoms with van der Waals surface area (Å²) in [7, 11) is 0. The van der Waals surface area contributed by atoms with Gasteiger partial charge in [0, 0.05) is 65.8 Å². The lowest BCUT2D eigenvalue weighted by Crippen LogP contribution is -2.11. The predicted octanol–water partition coefficient (Wildman–Crippen LogP) is 15.9. The third-order valence-electron chi connectivity index (χ3n) is 12.1. The number of hydrogen-bond acceptors (Lipinski definition) is 4. The first kappa shape index (κ1) is 33.8. The molecule has 0 saturated carbocycles. The van der Waals surface area contributed by atoms with Crippen molar-refractivity contribution < 1.29 is 17.6 Å². The minimum Gasteiger partial charge on any atom is -0.454 e. The van der Waals surface area contributed by atoms with Crippen LogP contribution in [0.1, 0.15) is 0 Å². The largest absolute Gasteiger partial charge is 0.454 e. The molecule has 0 saturated heterocycles. The van der Waals surface area contributed by atoms with Crippen LogP contribution in [-0.2, 0) is 0 Å². The molecular weight excluding hydrogens is 761 g/mol. The topological polar surface area (TPSA) is 37.2 Å². The highest BCUT2D eigenvalue weighted by Gasteiger charge is 2.31. The molecule has 288 valence electrons. The zero-order chi connectivity index (χ0) is 40.3. The lowest BCUT2D eigenvalue weighted by atomic mass is 10.0. The second-order valence-electron chi connectivity index (χ2n) is 15.5. The number of aromatic nitrogens is 1. The van der Waals surface area contributed by atoms with Gasteiger partial charge in [0.05, 0.1) is 16.9 Å². The Hall–Kier alpha value is -8.16. The highest BCUT2D eigenvalue weighted by molar-refractivity contribution is 6.36. The summed E-state index contributed by atoms with van der Waals surface area (Å²) in [5.74, 6) is -0.657. The number of rotatable bonds is 6. The van der Waals surface area contributed by atoms with Crippen LogP contribution >= 0.6 is 0 Å². The fraction of sp³-hybridized carbons (Fsp3) is 0. The van der Waals surface area contributed by atoms with Crippen LogP contribution in [-0.4, -0.2) is 4.40 Å². The molecule has 4 aromatic heterocycles. The molecule has 9 aromatic carbocycles. The van der Waals surface area contributed by atoms with Gasteiger partial charge in [0.2, 0.25) is 0 Å². The molecule has 0 aliphatic heterocycles. The third kappa shape index (κ3) is 4.80. The summed E-state index contributed by atoms with van der Waals surface area (Å²) in [5.41, 5.74) is 10.5. The summed E-state index contributed by atoms with van der Waals surface area (Å²) in [6.45, 7) is 0. The van der Waals surface area contributed by atoms with Crippen LogP contribution < -0.4 is 9.80 Å². The SMILES string of the molecule is Fc1cccc(N(c2ccccc2)c2cc3c4ccccc4oc3c3c2c2cccc4c5c(N(c6ccccc6)c6cccc(F)c6)cc6c7ccccc7oc6c5n3c24)c1. The van der Waals surface area contributed by atoms with E-state index < -0.39 is 0 Å². The third-order valence-corrected chi connectivity index (χ3v) is 12.1. The number of furan rings is 2. The van der Waals surface area contributed by atoms with Gasteiger partial charge in [0.15, 0.2) is 11.2 Å². The van der Waals surface area contributed by atoms with E-state index in [0.717, 1.165) is 105 Å². The fourth-order valence-corrected chi connectivity index (χ4v) is 9.73. The van der Waals surface area contributed by atoms with E-state index in [0.29, 0.717) is 11.4 Å². The minimum atomic E-state index is -0.328. The Balaban J connectivity index is 1.29.